The van der Waals surface area contributed by atoms with Gasteiger partial charge in [-0.15, -0.1) is 0 Å². The van der Waals surface area contributed by atoms with Crippen molar-refractivity contribution >= 4 is 16.8 Å². The van der Waals surface area contributed by atoms with E-state index in [0.717, 1.165) is 22.0 Å². The van der Waals surface area contributed by atoms with E-state index < -0.39 is 6.61 Å². The van der Waals surface area contributed by atoms with Gasteiger partial charge in [0.2, 0.25) is 0 Å². The Hall–Kier alpha value is -2.96. The molecule has 1 aromatic heterocycles. The molecule has 0 spiro atoms. The molecule has 0 saturated heterocycles. The number of ether oxygens (including phenoxy) is 1. The molecule has 1 atom stereocenters. The van der Waals surface area contributed by atoms with Gasteiger partial charge in [0.05, 0.1) is 11.6 Å². The number of hydrogen-bond donors (Lipinski definition) is 2. The van der Waals surface area contributed by atoms with Gasteiger partial charge in [-0.2, -0.15) is 13.9 Å². The fraction of sp³-hybridized carbons (Fsp3) is 0.222. The van der Waals surface area contributed by atoms with Gasteiger partial charge in [0.25, 0.3) is 5.91 Å². The zero-order chi connectivity index (χ0) is 18.0. The summed E-state index contributed by atoms with van der Waals surface area (Å²) in [6.07, 6.45) is 0. The van der Waals surface area contributed by atoms with Crippen molar-refractivity contribution < 1.29 is 18.3 Å². The lowest BCUT2D eigenvalue weighted by Crippen LogP contribution is -2.27. The summed E-state index contributed by atoms with van der Waals surface area (Å²) in [6.45, 7) is 0.889. The number of amides is 1. The highest BCUT2D eigenvalue weighted by atomic mass is 19.3. The van der Waals surface area contributed by atoms with Crippen LogP contribution in [0, 0.1) is 6.92 Å². The van der Waals surface area contributed by atoms with Crippen LogP contribution in [0.4, 0.5) is 8.78 Å². The molecule has 0 radical (unpaired) electrons. The Morgan fingerprint density at radius 3 is 2.60 bits per heavy atom. The van der Waals surface area contributed by atoms with Gasteiger partial charge in [-0.05, 0) is 43.7 Å². The summed E-state index contributed by atoms with van der Waals surface area (Å²) < 4.78 is 28.7. The molecule has 0 fully saturated rings. The second-order valence-corrected chi connectivity index (χ2v) is 5.76. The van der Waals surface area contributed by atoms with Crippen LogP contribution in [-0.2, 0) is 0 Å². The first-order valence-corrected chi connectivity index (χ1v) is 7.74. The van der Waals surface area contributed by atoms with Crippen molar-refractivity contribution in [2.24, 2.45) is 0 Å². The predicted molar refractivity (Wildman–Crippen MR) is 89.8 cm³/mol. The van der Waals surface area contributed by atoms with Crippen molar-refractivity contribution in [1.29, 1.82) is 0 Å². The van der Waals surface area contributed by atoms with Crippen molar-refractivity contribution in [3.05, 3.63) is 59.3 Å². The number of carbonyl (C=O) groups excluding carboxylic acids is 1. The van der Waals surface area contributed by atoms with E-state index in [0.29, 0.717) is 5.69 Å². The van der Waals surface area contributed by atoms with E-state index in [1.807, 2.05) is 25.1 Å². The average molecular weight is 345 g/mol. The smallest absolute Gasteiger partial charge is 0.387 e. The largest absolute Gasteiger partial charge is 0.435 e. The molecule has 0 saturated carbocycles. The minimum Gasteiger partial charge on any atom is -0.435 e. The Balaban J connectivity index is 1.74. The van der Waals surface area contributed by atoms with Crippen LogP contribution in [0.1, 0.15) is 34.6 Å². The van der Waals surface area contributed by atoms with E-state index in [-0.39, 0.29) is 17.7 Å². The predicted octanol–water partition coefficient (Wildman–Crippen LogP) is 3.96. The lowest BCUT2D eigenvalue weighted by atomic mass is 10.1. The summed E-state index contributed by atoms with van der Waals surface area (Å²) in [5.41, 5.74) is 2.91. The van der Waals surface area contributed by atoms with Crippen LogP contribution in [0.2, 0.25) is 0 Å². The molecular formula is C18H17F2N3O2. The number of aryl methyl sites for hydroxylation is 1. The summed E-state index contributed by atoms with van der Waals surface area (Å²) in [5.74, 6) is -0.233. The van der Waals surface area contributed by atoms with Crippen LogP contribution >= 0.6 is 0 Å². The highest BCUT2D eigenvalue weighted by Crippen LogP contribution is 2.21. The number of nitrogens with one attached hydrogen (secondary N) is 2. The second kappa shape index (κ2) is 6.88. The van der Waals surface area contributed by atoms with E-state index in [2.05, 4.69) is 20.3 Å². The highest BCUT2D eigenvalue weighted by molar-refractivity contribution is 6.04. The first-order valence-electron chi connectivity index (χ1n) is 7.74. The molecule has 25 heavy (non-hydrogen) atoms. The van der Waals surface area contributed by atoms with Gasteiger partial charge in [0, 0.05) is 5.39 Å². The van der Waals surface area contributed by atoms with Crippen molar-refractivity contribution in [1.82, 2.24) is 15.5 Å². The quantitative estimate of drug-likeness (QED) is 0.735. The Labute approximate surface area is 143 Å². The summed E-state index contributed by atoms with van der Waals surface area (Å²) in [6, 6.07) is 11.5. The van der Waals surface area contributed by atoms with Crippen LogP contribution in [-0.4, -0.2) is 22.7 Å². The van der Waals surface area contributed by atoms with Gasteiger partial charge < -0.3 is 10.1 Å². The Bertz CT molecular complexity index is 891. The zero-order valence-corrected chi connectivity index (χ0v) is 13.7. The number of fused-ring (bicyclic) bond motifs is 1. The minimum absolute atomic E-state index is 0.0750. The maximum absolute atomic E-state index is 12.5. The number of H-pyrrole nitrogens is 1. The second-order valence-electron chi connectivity index (χ2n) is 5.76. The molecule has 0 aliphatic carbocycles. The summed E-state index contributed by atoms with van der Waals surface area (Å²) >= 11 is 0. The van der Waals surface area contributed by atoms with Crippen LogP contribution in [0.5, 0.6) is 5.75 Å². The summed E-state index contributed by atoms with van der Waals surface area (Å²) in [7, 11) is 0. The number of carbonyl (C=O) groups is 1. The average Bonchev–Trinajstić information content (AvgIpc) is 2.98. The Morgan fingerprint density at radius 1 is 1.20 bits per heavy atom. The van der Waals surface area contributed by atoms with E-state index in [1.165, 1.54) is 12.1 Å². The number of rotatable bonds is 5. The van der Waals surface area contributed by atoms with Gasteiger partial charge in [-0.25, -0.2) is 0 Å². The summed E-state index contributed by atoms with van der Waals surface area (Å²) in [5, 5.41) is 10.5. The molecule has 7 heteroatoms. The molecule has 1 heterocycles. The molecule has 3 rings (SSSR count). The number of aromatic amines is 1. The van der Waals surface area contributed by atoms with Gasteiger partial charge in [-0.1, -0.05) is 23.8 Å². The Kier molecular flexibility index (Phi) is 4.65. The molecule has 1 amide bonds. The Morgan fingerprint density at radius 2 is 1.92 bits per heavy atom. The van der Waals surface area contributed by atoms with Gasteiger partial charge in [0.1, 0.15) is 5.75 Å². The maximum atomic E-state index is 12.5. The zero-order valence-electron chi connectivity index (χ0n) is 13.7. The van der Waals surface area contributed by atoms with Crippen molar-refractivity contribution in [3.63, 3.8) is 0 Å². The highest BCUT2D eigenvalue weighted by Gasteiger charge is 2.17. The molecule has 5 nitrogen and oxygen atoms in total. The molecule has 0 aliphatic rings. The van der Waals surface area contributed by atoms with Gasteiger partial charge in [0.15, 0.2) is 5.69 Å². The fourth-order valence-electron chi connectivity index (χ4n) is 2.59. The minimum atomic E-state index is -2.86. The van der Waals surface area contributed by atoms with E-state index in [4.69, 9.17) is 0 Å². The number of aromatic nitrogens is 2. The maximum Gasteiger partial charge on any atom is 0.387 e. The third-order valence-electron chi connectivity index (χ3n) is 3.89. The molecule has 3 aromatic rings. The van der Waals surface area contributed by atoms with Crippen LogP contribution < -0.4 is 10.1 Å². The molecule has 130 valence electrons. The number of hydrogen-bond acceptors (Lipinski definition) is 3. The molecule has 1 unspecified atom stereocenters. The number of halogens is 2. The van der Waals surface area contributed by atoms with Crippen LogP contribution in [0.15, 0.2) is 42.5 Å². The lowest BCUT2D eigenvalue weighted by Gasteiger charge is -2.14. The van der Waals surface area contributed by atoms with E-state index in [9.17, 15) is 13.6 Å². The number of nitrogens with zero attached hydrogens (tertiary/aromatic N) is 1. The third-order valence-corrected chi connectivity index (χ3v) is 3.89. The lowest BCUT2D eigenvalue weighted by molar-refractivity contribution is -0.0498. The molecule has 2 N–H and O–H groups in total. The van der Waals surface area contributed by atoms with E-state index >= 15 is 0 Å². The monoisotopic (exact) mass is 345 g/mol. The SMILES string of the molecule is Cc1ccc2[nH]nc(C(=O)NC(C)c3ccc(OC(F)F)cc3)c2c1. The van der Waals surface area contributed by atoms with Gasteiger partial charge >= 0.3 is 6.61 Å². The normalized spacial score (nSPS) is 12.4. The van der Waals surface area contributed by atoms with Crippen LogP contribution in [0.3, 0.4) is 0 Å². The van der Waals surface area contributed by atoms with Crippen molar-refractivity contribution in [3.8, 4) is 5.75 Å². The number of alkyl halides is 2. The summed E-state index contributed by atoms with van der Waals surface area (Å²) in [4.78, 5) is 12.5. The fourth-order valence-corrected chi connectivity index (χ4v) is 2.59. The third kappa shape index (κ3) is 3.76. The van der Waals surface area contributed by atoms with Gasteiger partial charge in [-0.3, -0.25) is 9.89 Å². The standard InChI is InChI=1S/C18H17F2N3O2/c1-10-3-8-15-14(9-10)16(23-22-15)17(24)21-11(2)12-4-6-13(7-5-12)25-18(19)20/h3-9,11,18H,1-2H3,(H,21,24)(H,22,23). The van der Waals surface area contributed by atoms with Crippen molar-refractivity contribution in [2.75, 3.05) is 0 Å². The van der Waals surface area contributed by atoms with E-state index in [1.54, 1.807) is 19.1 Å². The first-order chi connectivity index (χ1) is 11.9. The van der Waals surface area contributed by atoms with Crippen LogP contribution in [0.25, 0.3) is 10.9 Å². The molecule has 2 aromatic carbocycles. The first kappa shape index (κ1) is 16.9. The van der Waals surface area contributed by atoms with Crippen molar-refractivity contribution in [2.45, 2.75) is 26.5 Å². The number of benzene rings is 2. The molecule has 0 bridgehead atoms. The molecular weight excluding hydrogens is 328 g/mol. The molecule has 0 aliphatic heterocycles. The topological polar surface area (TPSA) is 67.0 Å².